The maximum atomic E-state index is 12.3. The lowest BCUT2D eigenvalue weighted by Crippen LogP contribution is -2.15. The van der Waals surface area contributed by atoms with Gasteiger partial charge in [-0.1, -0.05) is 23.3 Å². The number of allylic oxidation sites excluding steroid dienone is 3. The molecule has 0 bridgehead atoms. The molecule has 7 heteroatoms. The summed E-state index contributed by atoms with van der Waals surface area (Å²) in [4.78, 5) is 23.8. The van der Waals surface area contributed by atoms with Crippen molar-refractivity contribution in [3.05, 3.63) is 51.9 Å². The first-order chi connectivity index (χ1) is 14.3. The van der Waals surface area contributed by atoms with Crippen LogP contribution in [0.25, 0.3) is 11.0 Å². The van der Waals surface area contributed by atoms with Crippen LogP contribution < -0.4 is 15.1 Å². The molecule has 0 aliphatic carbocycles. The summed E-state index contributed by atoms with van der Waals surface area (Å²) >= 11 is 0. The molecule has 0 aliphatic rings. The number of rotatable bonds is 10. The molecule has 0 radical (unpaired) electrons. The third kappa shape index (κ3) is 6.40. The fourth-order valence-electron chi connectivity index (χ4n) is 2.70. The molecule has 1 aromatic heterocycles. The van der Waals surface area contributed by atoms with Crippen molar-refractivity contribution >= 4 is 16.9 Å². The molecule has 0 amide bonds. The number of carbonyl (C=O) groups excluding carboxylic acids is 1. The third-order valence-corrected chi connectivity index (χ3v) is 4.23. The molecule has 2 aromatic rings. The maximum Gasteiger partial charge on any atom is 0.383 e. The lowest BCUT2D eigenvalue weighted by Gasteiger charge is -2.11. The van der Waals surface area contributed by atoms with Crippen LogP contribution >= 0.6 is 0 Å². The van der Waals surface area contributed by atoms with Crippen LogP contribution in [0.1, 0.15) is 40.5 Å². The Morgan fingerprint density at radius 2 is 1.93 bits per heavy atom. The van der Waals surface area contributed by atoms with Crippen molar-refractivity contribution in [2.24, 2.45) is 0 Å². The average Bonchev–Trinajstić information content (AvgIpc) is 2.69. The van der Waals surface area contributed by atoms with Gasteiger partial charge in [-0.2, -0.15) is 0 Å². The minimum atomic E-state index is -0.831. The number of carbonyl (C=O) groups is 1. The highest BCUT2D eigenvalue weighted by atomic mass is 16.6. The molecule has 0 unspecified atom stereocenters. The molecule has 0 saturated carbocycles. The molecule has 0 aliphatic heterocycles. The van der Waals surface area contributed by atoms with E-state index in [1.165, 1.54) is 11.6 Å². The monoisotopic (exact) mass is 416 g/mol. The van der Waals surface area contributed by atoms with Gasteiger partial charge < -0.3 is 23.7 Å². The summed E-state index contributed by atoms with van der Waals surface area (Å²) < 4.78 is 21.0. The largest absolute Gasteiger partial charge is 0.504 e. The van der Waals surface area contributed by atoms with E-state index < -0.39 is 11.6 Å². The summed E-state index contributed by atoms with van der Waals surface area (Å²) in [7, 11) is 0. The molecule has 1 N–H and O–H groups in total. The molecule has 0 spiro atoms. The third-order valence-electron chi connectivity index (χ3n) is 4.23. The second kappa shape index (κ2) is 11.1. The number of para-hydroxylation sites is 1. The number of fused-ring (bicyclic) bond motifs is 1. The Balaban J connectivity index is 2.16. The topological polar surface area (TPSA) is 95.2 Å². The van der Waals surface area contributed by atoms with Gasteiger partial charge in [-0.05, 0) is 58.7 Å². The summed E-state index contributed by atoms with van der Waals surface area (Å²) in [6, 6.07) is 4.71. The molecule has 7 nitrogen and oxygen atoms in total. The first-order valence-corrected chi connectivity index (χ1v) is 9.82. The fourth-order valence-corrected chi connectivity index (χ4v) is 2.70. The summed E-state index contributed by atoms with van der Waals surface area (Å²) in [6.07, 6.45) is 5.83. The summed E-state index contributed by atoms with van der Waals surface area (Å²) in [6.45, 7) is 7.80. The molecular weight excluding hydrogens is 388 g/mol. The molecular formula is C23H28O7. The fraction of sp³-hybridized carbons (Fsp3) is 0.391. The summed E-state index contributed by atoms with van der Waals surface area (Å²) in [5.74, 6) is -1.00. The van der Waals surface area contributed by atoms with Crippen LogP contribution in [0, 0.1) is 0 Å². The highest BCUT2D eigenvalue weighted by Crippen LogP contribution is 2.35. The van der Waals surface area contributed by atoms with Crippen molar-refractivity contribution in [3.8, 4) is 17.2 Å². The van der Waals surface area contributed by atoms with Gasteiger partial charge >= 0.3 is 11.6 Å². The maximum absolute atomic E-state index is 12.3. The summed E-state index contributed by atoms with van der Waals surface area (Å²) in [5.41, 5.74) is 1.59. The van der Waals surface area contributed by atoms with Crippen molar-refractivity contribution < 1.29 is 28.5 Å². The molecule has 162 valence electrons. The second-order valence-electron chi connectivity index (χ2n) is 6.98. The Bertz CT molecular complexity index is 995. The van der Waals surface area contributed by atoms with Gasteiger partial charge in [-0.3, -0.25) is 0 Å². The van der Waals surface area contributed by atoms with E-state index in [0.717, 1.165) is 18.4 Å². The first-order valence-electron chi connectivity index (χ1n) is 9.82. The van der Waals surface area contributed by atoms with Gasteiger partial charge in [-0.25, -0.2) is 9.59 Å². The molecule has 30 heavy (non-hydrogen) atoms. The van der Waals surface area contributed by atoms with E-state index >= 15 is 0 Å². The molecule has 0 saturated heterocycles. The normalized spacial score (nSPS) is 11.3. The van der Waals surface area contributed by atoms with E-state index in [4.69, 9.17) is 18.6 Å². The average molecular weight is 416 g/mol. The predicted octanol–water partition coefficient (Wildman–Crippen LogP) is 4.51. The Morgan fingerprint density at radius 1 is 1.17 bits per heavy atom. The zero-order valence-electron chi connectivity index (χ0n) is 17.8. The van der Waals surface area contributed by atoms with Crippen molar-refractivity contribution in [1.29, 1.82) is 0 Å². The minimum Gasteiger partial charge on any atom is -0.504 e. The Kier molecular flexibility index (Phi) is 8.53. The van der Waals surface area contributed by atoms with E-state index in [1.807, 2.05) is 13.0 Å². The van der Waals surface area contributed by atoms with Crippen LogP contribution in [0.3, 0.4) is 0 Å². The first kappa shape index (κ1) is 23.1. The highest BCUT2D eigenvalue weighted by Gasteiger charge is 2.18. The van der Waals surface area contributed by atoms with Crippen molar-refractivity contribution in [2.45, 2.75) is 40.5 Å². The molecule has 2 rings (SSSR count). The predicted molar refractivity (Wildman–Crippen MR) is 114 cm³/mol. The summed E-state index contributed by atoms with van der Waals surface area (Å²) in [5, 5.41) is 10.8. The van der Waals surface area contributed by atoms with Crippen LogP contribution in [0.2, 0.25) is 0 Å². The lowest BCUT2D eigenvalue weighted by atomic mass is 10.1. The van der Waals surface area contributed by atoms with Crippen molar-refractivity contribution in [1.82, 2.24) is 0 Å². The number of esters is 1. The van der Waals surface area contributed by atoms with E-state index in [1.54, 1.807) is 19.1 Å². The molecule has 1 aromatic carbocycles. The molecule has 0 atom stereocenters. The van der Waals surface area contributed by atoms with Crippen LogP contribution in [0.4, 0.5) is 0 Å². The standard InChI is InChI=1S/C23H28O7/c1-5-27-19(24)14-29-18-11-7-10-17-20(25)22(23(26)30-21(17)18)28-13-12-16(4)9-6-8-15(2)3/h7-8,10-12,25H,5-6,9,13-14H2,1-4H3. The van der Waals surface area contributed by atoms with E-state index in [9.17, 15) is 14.7 Å². The zero-order chi connectivity index (χ0) is 22.1. The van der Waals surface area contributed by atoms with Gasteiger partial charge in [0.1, 0.15) is 6.61 Å². The van der Waals surface area contributed by atoms with Gasteiger partial charge in [0.25, 0.3) is 0 Å². The minimum absolute atomic E-state index is 0.0325. The van der Waals surface area contributed by atoms with E-state index in [2.05, 4.69) is 19.9 Å². The Labute approximate surface area is 175 Å². The second-order valence-corrected chi connectivity index (χ2v) is 6.98. The number of benzene rings is 1. The van der Waals surface area contributed by atoms with Gasteiger partial charge in [0.2, 0.25) is 5.75 Å². The van der Waals surface area contributed by atoms with Gasteiger partial charge in [-0.15, -0.1) is 0 Å². The Morgan fingerprint density at radius 3 is 2.63 bits per heavy atom. The number of ether oxygens (including phenoxy) is 3. The van der Waals surface area contributed by atoms with E-state index in [0.29, 0.717) is 0 Å². The van der Waals surface area contributed by atoms with Crippen molar-refractivity contribution in [3.63, 3.8) is 0 Å². The smallest absolute Gasteiger partial charge is 0.383 e. The van der Waals surface area contributed by atoms with Crippen LogP contribution in [-0.2, 0) is 9.53 Å². The highest BCUT2D eigenvalue weighted by molar-refractivity contribution is 5.89. The van der Waals surface area contributed by atoms with Gasteiger partial charge in [0, 0.05) is 0 Å². The van der Waals surface area contributed by atoms with Gasteiger partial charge in [0.05, 0.1) is 12.0 Å². The Hall–Kier alpha value is -3.22. The number of hydrogen-bond acceptors (Lipinski definition) is 7. The van der Waals surface area contributed by atoms with E-state index in [-0.39, 0.29) is 48.0 Å². The van der Waals surface area contributed by atoms with Crippen LogP contribution in [-0.4, -0.2) is 30.9 Å². The van der Waals surface area contributed by atoms with Crippen LogP contribution in [0.5, 0.6) is 17.2 Å². The molecule has 1 heterocycles. The lowest BCUT2D eigenvalue weighted by molar-refractivity contribution is -0.145. The quantitative estimate of drug-likeness (QED) is 0.346. The number of aromatic hydroxyl groups is 1. The SMILES string of the molecule is CCOC(=O)COc1cccc2c(O)c(OCC=C(C)CCC=C(C)C)c(=O)oc12. The van der Waals surface area contributed by atoms with Gasteiger partial charge in [0.15, 0.2) is 23.7 Å². The van der Waals surface area contributed by atoms with Crippen LogP contribution in [0.15, 0.2) is 50.7 Å². The zero-order valence-corrected chi connectivity index (χ0v) is 17.8. The molecule has 0 fully saturated rings. The number of hydrogen-bond donors (Lipinski definition) is 1. The van der Waals surface area contributed by atoms with Crippen molar-refractivity contribution in [2.75, 3.05) is 19.8 Å².